The van der Waals surface area contributed by atoms with Crippen molar-refractivity contribution in [2.75, 3.05) is 27.4 Å². The number of hydrogen-bond acceptors (Lipinski definition) is 4. The molecule has 5 nitrogen and oxygen atoms in total. The second-order valence-electron chi connectivity index (χ2n) is 5.74. The summed E-state index contributed by atoms with van der Waals surface area (Å²) < 4.78 is 10.6. The van der Waals surface area contributed by atoms with Gasteiger partial charge in [-0.1, -0.05) is 18.2 Å². The summed E-state index contributed by atoms with van der Waals surface area (Å²) in [4.78, 5) is 14.3. The maximum atomic E-state index is 12.5. The van der Waals surface area contributed by atoms with E-state index >= 15 is 0 Å². The first-order valence-corrected chi connectivity index (χ1v) is 7.24. The Balaban J connectivity index is 2.05. The van der Waals surface area contributed by atoms with Crippen molar-refractivity contribution in [2.24, 2.45) is 5.73 Å². The zero-order valence-corrected chi connectivity index (χ0v) is 13.0. The number of para-hydroxylation sites is 1. The molecule has 2 rings (SSSR count). The average Bonchev–Trinajstić information content (AvgIpc) is 2.94. The fraction of sp³-hybridized carbons (Fsp3) is 0.562. The van der Waals surface area contributed by atoms with Gasteiger partial charge in [0.15, 0.2) is 0 Å². The lowest BCUT2D eigenvalue weighted by molar-refractivity contribution is -0.137. The van der Waals surface area contributed by atoms with Gasteiger partial charge in [0.05, 0.1) is 13.7 Å². The molecule has 1 heterocycles. The molecule has 21 heavy (non-hydrogen) atoms. The van der Waals surface area contributed by atoms with Gasteiger partial charge in [-0.15, -0.1) is 0 Å². The number of hydrogen-bond donors (Lipinski definition) is 1. The number of benzene rings is 1. The SMILES string of the molecule is COc1ccccc1CC(C)N(C)C(=O)C1(N)CCOC1. The van der Waals surface area contributed by atoms with E-state index in [0.29, 0.717) is 19.6 Å². The third-order valence-electron chi connectivity index (χ3n) is 4.17. The molecule has 1 aromatic carbocycles. The monoisotopic (exact) mass is 292 g/mol. The summed E-state index contributed by atoms with van der Waals surface area (Å²) in [5.74, 6) is 0.791. The van der Waals surface area contributed by atoms with Crippen molar-refractivity contribution < 1.29 is 14.3 Å². The van der Waals surface area contributed by atoms with Crippen molar-refractivity contribution >= 4 is 5.91 Å². The first-order valence-electron chi connectivity index (χ1n) is 7.24. The maximum Gasteiger partial charge on any atom is 0.245 e. The average molecular weight is 292 g/mol. The minimum absolute atomic E-state index is 0.0369. The summed E-state index contributed by atoms with van der Waals surface area (Å²) in [5.41, 5.74) is 6.36. The zero-order chi connectivity index (χ0) is 15.5. The molecule has 1 saturated heterocycles. The number of carbonyl (C=O) groups is 1. The van der Waals surface area contributed by atoms with E-state index in [9.17, 15) is 4.79 Å². The van der Waals surface area contributed by atoms with Gasteiger partial charge in [-0.05, 0) is 31.4 Å². The van der Waals surface area contributed by atoms with Gasteiger partial charge in [-0.2, -0.15) is 0 Å². The normalized spacial score (nSPS) is 22.9. The van der Waals surface area contributed by atoms with Crippen molar-refractivity contribution in [1.29, 1.82) is 0 Å². The number of rotatable bonds is 5. The lowest BCUT2D eigenvalue weighted by Crippen LogP contribution is -2.57. The second kappa shape index (κ2) is 6.45. The molecule has 0 aromatic heterocycles. The molecule has 0 saturated carbocycles. The number of ether oxygens (including phenoxy) is 2. The van der Waals surface area contributed by atoms with E-state index in [1.807, 2.05) is 31.2 Å². The summed E-state index contributed by atoms with van der Waals surface area (Å²) in [6.07, 6.45) is 1.31. The van der Waals surface area contributed by atoms with Gasteiger partial charge in [0.1, 0.15) is 11.3 Å². The number of carbonyl (C=O) groups excluding carboxylic acids is 1. The predicted molar refractivity (Wildman–Crippen MR) is 81.3 cm³/mol. The van der Waals surface area contributed by atoms with Gasteiger partial charge in [0.25, 0.3) is 0 Å². The summed E-state index contributed by atoms with van der Waals surface area (Å²) in [5, 5.41) is 0. The van der Waals surface area contributed by atoms with Gasteiger partial charge >= 0.3 is 0 Å². The van der Waals surface area contributed by atoms with E-state index < -0.39 is 5.54 Å². The Bertz CT molecular complexity index is 498. The first-order chi connectivity index (χ1) is 9.98. The number of amides is 1. The van der Waals surface area contributed by atoms with E-state index in [1.54, 1.807) is 19.1 Å². The van der Waals surface area contributed by atoms with Crippen LogP contribution in [0.1, 0.15) is 18.9 Å². The molecule has 0 spiro atoms. The minimum atomic E-state index is -0.871. The molecule has 1 amide bonds. The summed E-state index contributed by atoms with van der Waals surface area (Å²) in [6.45, 7) is 2.87. The number of methoxy groups -OCH3 is 1. The second-order valence-corrected chi connectivity index (χ2v) is 5.74. The van der Waals surface area contributed by atoms with Gasteiger partial charge in [-0.3, -0.25) is 4.79 Å². The van der Waals surface area contributed by atoms with Gasteiger partial charge in [0, 0.05) is 19.7 Å². The number of likely N-dealkylation sites (N-methyl/N-ethyl adjacent to an activating group) is 1. The molecule has 5 heteroatoms. The molecule has 116 valence electrons. The van der Waals surface area contributed by atoms with Crippen LogP contribution in [0.4, 0.5) is 0 Å². The van der Waals surface area contributed by atoms with Crippen molar-refractivity contribution in [3.8, 4) is 5.75 Å². The van der Waals surface area contributed by atoms with Crippen molar-refractivity contribution in [1.82, 2.24) is 4.90 Å². The lowest BCUT2D eigenvalue weighted by Gasteiger charge is -2.32. The van der Waals surface area contributed by atoms with Gasteiger partial charge in [-0.25, -0.2) is 0 Å². The highest BCUT2D eigenvalue weighted by Gasteiger charge is 2.41. The molecule has 1 aromatic rings. The molecule has 2 N–H and O–H groups in total. The van der Waals surface area contributed by atoms with E-state index in [0.717, 1.165) is 17.7 Å². The highest BCUT2D eigenvalue weighted by atomic mass is 16.5. The van der Waals surface area contributed by atoms with Crippen LogP contribution in [0.3, 0.4) is 0 Å². The van der Waals surface area contributed by atoms with Crippen LogP contribution in [0.2, 0.25) is 0 Å². The Kier molecular flexibility index (Phi) is 4.85. The third kappa shape index (κ3) is 3.36. The van der Waals surface area contributed by atoms with Crippen molar-refractivity contribution in [2.45, 2.75) is 31.3 Å². The Morgan fingerprint density at radius 3 is 2.86 bits per heavy atom. The van der Waals surface area contributed by atoms with Crippen LogP contribution in [-0.4, -0.2) is 49.8 Å². The smallest absolute Gasteiger partial charge is 0.245 e. The Morgan fingerprint density at radius 1 is 1.52 bits per heavy atom. The Hall–Kier alpha value is -1.59. The largest absolute Gasteiger partial charge is 0.496 e. The van der Waals surface area contributed by atoms with Crippen LogP contribution in [-0.2, 0) is 16.0 Å². The Labute approximate surface area is 126 Å². The molecule has 0 bridgehead atoms. The highest BCUT2D eigenvalue weighted by molar-refractivity contribution is 5.86. The maximum absolute atomic E-state index is 12.5. The van der Waals surface area contributed by atoms with Gasteiger partial charge in [0.2, 0.25) is 5.91 Å². The quantitative estimate of drug-likeness (QED) is 0.886. The first kappa shape index (κ1) is 15.8. The summed E-state index contributed by atoms with van der Waals surface area (Å²) >= 11 is 0. The third-order valence-corrected chi connectivity index (χ3v) is 4.17. The van der Waals surface area contributed by atoms with E-state index in [-0.39, 0.29) is 11.9 Å². The van der Waals surface area contributed by atoms with Crippen LogP contribution < -0.4 is 10.5 Å². The summed E-state index contributed by atoms with van der Waals surface area (Å²) in [6, 6.07) is 7.90. The molecular weight excluding hydrogens is 268 g/mol. The summed E-state index contributed by atoms with van der Waals surface area (Å²) in [7, 11) is 3.46. The van der Waals surface area contributed by atoms with E-state index in [2.05, 4.69) is 0 Å². The zero-order valence-electron chi connectivity index (χ0n) is 13.0. The molecule has 1 fully saturated rings. The van der Waals surface area contributed by atoms with Crippen LogP contribution in [0.5, 0.6) is 5.75 Å². The fourth-order valence-electron chi connectivity index (χ4n) is 2.63. The fourth-order valence-corrected chi connectivity index (χ4v) is 2.63. The molecule has 0 radical (unpaired) electrons. The van der Waals surface area contributed by atoms with Crippen LogP contribution in [0, 0.1) is 0 Å². The molecule has 0 aliphatic carbocycles. The topological polar surface area (TPSA) is 64.8 Å². The molecule has 2 unspecified atom stereocenters. The van der Waals surface area contributed by atoms with Crippen molar-refractivity contribution in [3.05, 3.63) is 29.8 Å². The lowest BCUT2D eigenvalue weighted by atomic mass is 9.96. The molecule has 1 aliphatic heterocycles. The number of nitrogens with zero attached hydrogens (tertiary/aromatic N) is 1. The van der Waals surface area contributed by atoms with Crippen LogP contribution >= 0.6 is 0 Å². The van der Waals surface area contributed by atoms with E-state index in [4.69, 9.17) is 15.2 Å². The molecular formula is C16H24N2O3. The van der Waals surface area contributed by atoms with Gasteiger partial charge < -0.3 is 20.1 Å². The predicted octanol–water partition coefficient (Wildman–Crippen LogP) is 1.20. The molecule has 2 atom stereocenters. The minimum Gasteiger partial charge on any atom is -0.496 e. The van der Waals surface area contributed by atoms with Crippen LogP contribution in [0.25, 0.3) is 0 Å². The molecule has 1 aliphatic rings. The highest BCUT2D eigenvalue weighted by Crippen LogP contribution is 2.23. The van der Waals surface area contributed by atoms with E-state index in [1.165, 1.54) is 0 Å². The Morgan fingerprint density at radius 2 is 2.24 bits per heavy atom. The standard InChI is InChI=1S/C16H24N2O3/c1-12(10-13-6-4-5-7-14(13)20-3)18(2)15(19)16(17)8-9-21-11-16/h4-7,12H,8-11,17H2,1-3H3. The van der Waals surface area contributed by atoms with Crippen LogP contribution in [0.15, 0.2) is 24.3 Å². The number of nitrogens with two attached hydrogens (primary N) is 1. The van der Waals surface area contributed by atoms with Crippen molar-refractivity contribution in [3.63, 3.8) is 0 Å².